The minimum atomic E-state index is 0.860. The molecule has 0 amide bonds. The van der Waals surface area contributed by atoms with Crippen LogP contribution in [0.3, 0.4) is 0 Å². The molecule has 15 heavy (non-hydrogen) atoms. The molecule has 0 aliphatic heterocycles. The number of aromatic nitrogens is 3. The highest BCUT2D eigenvalue weighted by atomic mass is 15.2. The van der Waals surface area contributed by atoms with Crippen molar-refractivity contribution in [1.82, 2.24) is 20.1 Å². The monoisotopic (exact) mass is 204 g/mol. The summed E-state index contributed by atoms with van der Waals surface area (Å²) >= 11 is 0. The van der Waals surface area contributed by atoms with Gasteiger partial charge < -0.3 is 10.3 Å². The average molecular weight is 204 g/mol. The average Bonchev–Trinajstić information content (AvgIpc) is 2.77. The lowest BCUT2D eigenvalue weighted by Gasteiger charge is -2.01. The first-order chi connectivity index (χ1) is 7.25. The Bertz CT molecular complexity index is 414. The maximum Gasteiger partial charge on any atom is 0.0638 e. The standard InChI is InChI=1S/C11H16N4/c1-9-10(8-15(2)14-9)6-12-7-11-4-3-5-13-11/h3-5,8,12-13H,6-7H2,1-2H3. The van der Waals surface area contributed by atoms with Gasteiger partial charge in [0.2, 0.25) is 0 Å². The van der Waals surface area contributed by atoms with Crippen molar-refractivity contribution < 1.29 is 0 Å². The van der Waals surface area contributed by atoms with Crippen LogP contribution in [0.4, 0.5) is 0 Å². The van der Waals surface area contributed by atoms with Crippen LogP contribution in [0.5, 0.6) is 0 Å². The summed E-state index contributed by atoms with van der Waals surface area (Å²) in [7, 11) is 1.95. The lowest BCUT2D eigenvalue weighted by Crippen LogP contribution is -2.13. The predicted octanol–water partition coefficient (Wildman–Crippen LogP) is 1.35. The van der Waals surface area contributed by atoms with Crippen molar-refractivity contribution in [2.24, 2.45) is 7.05 Å². The van der Waals surface area contributed by atoms with Crippen LogP contribution in [0.25, 0.3) is 0 Å². The van der Waals surface area contributed by atoms with E-state index in [0.717, 1.165) is 18.8 Å². The second-order valence-electron chi connectivity index (χ2n) is 3.71. The molecule has 0 aliphatic rings. The van der Waals surface area contributed by atoms with Gasteiger partial charge in [0.05, 0.1) is 5.69 Å². The van der Waals surface area contributed by atoms with Gasteiger partial charge in [0.15, 0.2) is 0 Å². The van der Waals surface area contributed by atoms with Gasteiger partial charge >= 0.3 is 0 Å². The molecule has 0 fully saturated rings. The molecule has 0 radical (unpaired) electrons. The van der Waals surface area contributed by atoms with Gasteiger partial charge in [-0.05, 0) is 19.1 Å². The zero-order chi connectivity index (χ0) is 10.7. The Morgan fingerprint density at radius 3 is 2.93 bits per heavy atom. The molecule has 2 aromatic rings. The lowest BCUT2D eigenvalue weighted by molar-refractivity contribution is 0.679. The highest BCUT2D eigenvalue weighted by molar-refractivity contribution is 5.15. The Kier molecular flexibility index (Phi) is 2.87. The molecule has 0 aromatic carbocycles. The fourth-order valence-corrected chi connectivity index (χ4v) is 1.63. The summed E-state index contributed by atoms with van der Waals surface area (Å²) in [6.07, 6.45) is 3.99. The molecule has 0 saturated heterocycles. The first-order valence-corrected chi connectivity index (χ1v) is 5.08. The smallest absolute Gasteiger partial charge is 0.0638 e. The second kappa shape index (κ2) is 4.31. The van der Waals surface area contributed by atoms with E-state index in [9.17, 15) is 0 Å². The molecule has 4 heteroatoms. The van der Waals surface area contributed by atoms with Crippen LogP contribution >= 0.6 is 0 Å². The van der Waals surface area contributed by atoms with Crippen molar-refractivity contribution in [2.75, 3.05) is 0 Å². The second-order valence-corrected chi connectivity index (χ2v) is 3.71. The number of aromatic amines is 1. The van der Waals surface area contributed by atoms with Crippen molar-refractivity contribution in [1.29, 1.82) is 0 Å². The van der Waals surface area contributed by atoms with E-state index < -0.39 is 0 Å². The summed E-state index contributed by atoms with van der Waals surface area (Å²) in [6.45, 7) is 3.76. The molecular weight excluding hydrogens is 188 g/mol. The normalized spacial score (nSPS) is 10.8. The van der Waals surface area contributed by atoms with E-state index in [0.29, 0.717) is 0 Å². The fraction of sp³-hybridized carbons (Fsp3) is 0.364. The Labute approximate surface area is 89.3 Å². The third kappa shape index (κ3) is 2.47. The van der Waals surface area contributed by atoms with Crippen molar-refractivity contribution >= 4 is 0 Å². The van der Waals surface area contributed by atoms with E-state index in [1.54, 1.807) is 0 Å². The van der Waals surface area contributed by atoms with Gasteiger partial charge in [-0.3, -0.25) is 4.68 Å². The number of H-pyrrole nitrogens is 1. The summed E-state index contributed by atoms with van der Waals surface area (Å²) in [5.41, 5.74) is 3.55. The molecule has 4 nitrogen and oxygen atoms in total. The van der Waals surface area contributed by atoms with E-state index in [4.69, 9.17) is 0 Å². The molecule has 2 heterocycles. The molecule has 0 bridgehead atoms. The van der Waals surface area contributed by atoms with Crippen LogP contribution in [-0.2, 0) is 20.1 Å². The maximum absolute atomic E-state index is 4.30. The van der Waals surface area contributed by atoms with E-state index >= 15 is 0 Å². The SMILES string of the molecule is Cc1nn(C)cc1CNCc1ccc[nH]1. The Balaban J connectivity index is 1.86. The molecule has 2 rings (SSSR count). The minimum Gasteiger partial charge on any atom is -0.364 e. The van der Waals surface area contributed by atoms with Crippen LogP contribution < -0.4 is 5.32 Å². The third-order valence-electron chi connectivity index (χ3n) is 2.41. The predicted molar refractivity (Wildman–Crippen MR) is 59.3 cm³/mol. The van der Waals surface area contributed by atoms with Crippen molar-refractivity contribution in [2.45, 2.75) is 20.0 Å². The highest BCUT2D eigenvalue weighted by Gasteiger charge is 2.01. The number of aryl methyl sites for hydroxylation is 2. The quantitative estimate of drug-likeness (QED) is 0.789. The Hall–Kier alpha value is -1.55. The van der Waals surface area contributed by atoms with E-state index in [2.05, 4.69) is 27.7 Å². The number of nitrogens with zero attached hydrogens (tertiary/aromatic N) is 2. The summed E-state index contributed by atoms with van der Waals surface area (Å²) in [4.78, 5) is 3.16. The summed E-state index contributed by atoms with van der Waals surface area (Å²) < 4.78 is 1.85. The fourth-order valence-electron chi connectivity index (χ4n) is 1.63. The van der Waals surface area contributed by atoms with Crippen LogP contribution in [-0.4, -0.2) is 14.8 Å². The molecule has 0 unspecified atom stereocenters. The number of nitrogens with one attached hydrogen (secondary N) is 2. The highest BCUT2D eigenvalue weighted by Crippen LogP contribution is 2.04. The van der Waals surface area contributed by atoms with Gasteiger partial charge in [0.25, 0.3) is 0 Å². The van der Waals surface area contributed by atoms with Crippen molar-refractivity contribution in [3.05, 3.63) is 41.5 Å². The van der Waals surface area contributed by atoms with Crippen LogP contribution in [0.2, 0.25) is 0 Å². The van der Waals surface area contributed by atoms with Gasteiger partial charge in [0.1, 0.15) is 0 Å². The molecule has 0 aliphatic carbocycles. The zero-order valence-electron chi connectivity index (χ0n) is 9.12. The Morgan fingerprint density at radius 2 is 2.33 bits per heavy atom. The van der Waals surface area contributed by atoms with Crippen molar-refractivity contribution in [3.8, 4) is 0 Å². The largest absolute Gasteiger partial charge is 0.364 e. The minimum absolute atomic E-state index is 0.860. The molecule has 0 atom stereocenters. The lowest BCUT2D eigenvalue weighted by atomic mass is 10.2. The summed E-state index contributed by atoms with van der Waals surface area (Å²) in [5, 5.41) is 7.67. The third-order valence-corrected chi connectivity index (χ3v) is 2.41. The first-order valence-electron chi connectivity index (χ1n) is 5.08. The van der Waals surface area contributed by atoms with Gasteiger partial charge in [-0.1, -0.05) is 0 Å². The van der Waals surface area contributed by atoms with Crippen molar-refractivity contribution in [3.63, 3.8) is 0 Å². The number of rotatable bonds is 4. The molecular formula is C11H16N4. The van der Waals surface area contributed by atoms with E-state index in [1.165, 1.54) is 11.3 Å². The molecule has 2 aromatic heterocycles. The molecule has 0 saturated carbocycles. The summed E-state index contributed by atoms with van der Waals surface area (Å²) in [6, 6.07) is 4.08. The van der Waals surface area contributed by atoms with Crippen LogP contribution in [0.1, 0.15) is 17.0 Å². The van der Waals surface area contributed by atoms with Crippen LogP contribution in [0, 0.1) is 6.92 Å². The van der Waals surface area contributed by atoms with E-state index in [-0.39, 0.29) is 0 Å². The summed E-state index contributed by atoms with van der Waals surface area (Å²) in [5.74, 6) is 0. The van der Waals surface area contributed by atoms with Gasteiger partial charge in [0, 0.05) is 43.8 Å². The molecule has 80 valence electrons. The van der Waals surface area contributed by atoms with Gasteiger partial charge in [-0.15, -0.1) is 0 Å². The van der Waals surface area contributed by atoms with Gasteiger partial charge in [-0.25, -0.2) is 0 Å². The zero-order valence-corrected chi connectivity index (χ0v) is 9.12. The van der Waals surface area contributed by atoms with Crippen LogP contribution in [0.15, 0.2) is 24.5 Å². The number of hydrogen-bond acceptors (Lipinski definition) is 2. The number of hydrogen-bond donors (Lipinski definition) is 2. The molecule has 0 spiro atoms. The maximum atomic E-state index is 4.30. The Morgan fingerprint density at radius 1 is 1.47 bits per heavy atom. The first kappa shape index (κ1) is 9.98. The molecule has 2 N–H and O–H groups in total. The van der Waals surface area contributed by atoms with E-state index in [1.807, 2.05) is 30.9 Å². The van der Waals surface area contributed by atoms with Gasteiger partial charge in [-0.2, -0.15) is 5.10 Å². The topological polar surface area (TPSA) is 45.6 Å².